The molecule has 5 rings (SSSR count). The molecular weight excluding hydrogens is 538 g/mol. The van der Waals surface area contributed by atoms with Crippen molar-refractivity contribution < 1.29 is 21.6 Å². The first kappa shape index (κ1) is 28.0. The van der Waals surface area contributed by atoms with Crippen molar-refractivity contribution in [2.24, 2.45) is 5.14 Å². The van der Waals surface area contributed by atoms with E-state index in [1.54, 1.807) is 0 Å². The Morgan fingerprint density at radius 1 is 0.897 bits per heavy atom. The molecule has 212 valence electrons. The maximum absolute atomic E-state index is 13.4. The molecule has 39 heavy (non-hydrogen) atoms. The summed E-state index contributed by atoms with van der Waals surface area (Å²) in [5.74, 6) is 0.465. The van der Waals surface area contributed by atoms with Gasteiger partial charge in [-0.05, 0) is 61.8 Å². The molecule has 1 aliphatic carbocycles. The van der Waals surface area contributed by atoms with Crippen molar-refractivity contribution in [3.63, 3.8) is 0 Å². The highest BCUT2D eigenvalue weighted by Crippen LogP contribution is 2.37. The monoisotopic (exact) mass is 575 g/mol. The van der Waals surface area contributed by atoms with Crippen molar-refractivity contribution in [2.45, 2.75) is 53.9 Å². The van der Waals surface area contributed by atoms with Crippen LogP contribution in [-0.4, -0.2) is 88.7 Å². The number of anilines is 1. The van der Waals surface area contributed by atoms with Gasteiger partial charge in [-0.1, -0.05) is 30.3 Å². The zero-order valence-electron chi connectivity index (χ0n) is 22.0. The quantitative estimate of drug-likeness (QED) is 0.492. The van der Waals surface area contributed by atoms with Crippen molar-refractivity contribution in [3.05, 3.63) is 54.1 Å². The maximum Gasteiger partial charge on any atom is 0.243 e. The lowest BCUT2D eigenvalue weighted by Crippen LogP contribution is -2.51. The van der Waals surface area contributed by atoms with Crippen LogP contribution in [0.2, 0.25) is 0 Å². The minimum atomic E-state index is -4.18. The van der Waals surface area contributed by atoms with E-state index in [-0.39, 0.29) is 41.4 Å². The number of nitrogens with zero attached hydrogens (tertiary/aromatic N) is 3. The molecule has 2 aromatic carbocycles. The zero-order valence-corrected chi connectivity index (χ0v) is 23.7. The molecule has 2 heterocycles. The number of rotatable bonds is 8. The summed E-state index contributed by atoms with van der Waals surface area (Å²) in [6.45, 7) is 3.19. The van der Waals surface area contributed by atoms with Gasteiger partial charge in [-0.3, -0.25) is 9.69 Å². The van der Waals surface area contributed by atoms with Gasteiger partial charge in [0, 0.05) is 45.3 Å². The van der Waals surface area contributed by atoms with Gasteiger partial charge in [-0.2, -0.15) is 4.31 Å². The number of carbonyl (C=O) groups is 1. The average Bonchev–Trinajstić information content (AvgIpc) is 3.62. The molecule has 3 fully saturated rings. The van der Waals surface area contributed by atoms with Gasteiger partial charge in [0.05, 0.1) is 17.1 Å². The van der Waals surface area contributed by atoms with Crippen molar-refractivity contribution in [2.75, 3.05) is 51.1 Å². The summed E-state index contributed by atoms with van der Waals surface area (Å²) < 4.78 is 53.2. The first-order chi connectivity index (χ1) is 18.6. The maximum atomic E-state index is 13.4. The standard InChI is InChI=1S/C27H37N5O5S2/c28-38(34,35)26-19-24(10-11-25(26)29-23-9-8-22(18-23)21-6-2-1-3-7-21)39(36,37)32-16-14-30(15-17-32)20-27(33)31-12-4-5-13-31/h1-3,6-7,10-11,19,22-23,29H,4-5,8-9,12-18,20H2,(H2,28,34,35)/t22-,23+/m0/s1. The van der Waals surface area contributed by atoms with E-state index in [0.717, 1.165) is 45.2 Å². The van der Waals surface area contributed by atoms with E-state index in [0.29, 0.717) is 24.7 Å². The van der Waals surface area contributed by atoms with Gasteiger partial charge in [0.25, 0.3) is 0 Å². The molecule has 2 aromatic rings. The lowest BCUT2D eigenvalue weighted by molar-refractivity contribution is -0.131. The Bertz CT molecular complexity index is 1390. The Morgan fingerprint density at radius 2 is 1.59 bits per heavy atom. The predicted molar refractivity (Wildman–Crippen MR) is 149 cm³/mol. The minimum absolute atomic E-state index is 0.0505. The molecule has 2 atom stereocenters. The largest absolute Gasteiger partial charge is 0.381 e. The average molecular weight is 576 g/mol. The Labute approximate surface area is 231 Å². The molecule has 10 nitrogen and oxygen atoms in total. The van der Waals surface area contributed by atoms with Crippen LogP contribution in [0.4, 0.5) is 5.69 Å². The van der Waals surface area contributed by atoms with Crippen molar-refractivity contribution in [1.82, 2.24) is 14.1 Å². The van der Waals surface area contributed by atoms with E-state index >= 15 is 0 Å². The van der Waals surface area contributed by atoms with E-state index in [4.69, 9.17) is 5.14 Å². The molecule has 3 N–H and O–H groups in total. The van der Waals surface area contributed by atoms with Crippen LogP contribution >= 0.6 is 0 Å². The topological polar surface area (TPSA) is 133 Å². The van der Waals surface area contributed by atoms with Gasteiger partial charge in [0.15, 0.2) is 0 Å². The van der Waals surface area contributed by atoms with Crippen LogP contribution in [0.1, 0.15) is 43.6 Å². The normalized spacial score (nSPS) is 23.3. The number of piperazine rings is 1. The number of sulfonamides is 2. The summed E-state index contributed by atoms with van der Waals surface area (Å²) in [7, 11) is -8.12. The van der Waals surface area contributed by atoms with E-state index < -0.39 is 20.0 Å². The summed E-state index contributed by atoms with van der Waals surface area (Å²) >= 11 is 0. The molecule has 3 aliphatic rings. The second-order valence-electron chi connectivity index (χ2n) is 10.7. The predicted octanol–water partition coefficient (Wildman–Crippen LogP) is 2.01. The Kier molecular flexibility index (Phi) is 8.29. The molecule has 0 bridgehead atoms. The SMILES string of the molecule is NS(=O)(=O)c1cc(S(=O)(=O)N2CCN(CC(=O)N3CCCC3)CC2)ccc1N[C@@H]1CC[C@H](c2ccccc2)C1. The summed E-state index contributed by atoms with van der Waals surface area (Å²) in [6, 6.07) is 14.4. The third kappa shape index (κ3) is 6.46. The second kappa shape index (κ2) is 11.5. The number of nitrogens with one attached hydrogen (secondary N) is 1. The van der Waals surface area contributed by atoms with Crippen LogP contribution in [0.5, 0.6) is 0 Å². The third-order valence-corrected chi connectivity index (χ3v) is 11.0. The van der Waals surface area contributed by atoms with E-state index in [1.165, 1.54) is 28.1 Å². The molecule has 1 amide bonds. The van der Waals surface area contributed by atoms with E-state index in [9.17, 15) is 21.6 Å². The highest BCUT2D eigenvalue weighted by Gasteiger charge is 2.32. The molecule has 12 heteroatoms. The minimum Gasteiger partial charge on any atom is -0.381 e. The molecule has 0 radical (unpaired) electrons. The third-order valence-electron chi connectivity index (χ3n) is 8.11. The second-order valence-corrected chi connectivity index (χ2v) is 14.2. The highest BCUT2D eigenvalue weighted by atomic mass is 32.2. The molecule has 0 unspecified atom stereocenters. The highest BCUT2D eigenvalue weighted by molar-refractivity contribution is 7.90. The van der Waals surface area contributed by atoms with Gasteiger partial charge in [0.1, 0.15) is 4.90 Å². The van der Waals surface area contributed by atoms with Crippen LogP contribution in [0.15, 0.2) is 58.3 Å². The number of nitrogens with two attached hydrogens (primary N) is 1. The molecule has 0 spiro atoms. The number of primary sulfonamides is 1. The number of benzene rings is 2. The van der Waals surface area contributed by atoms with Gasteiger partial charge in [-0.25, -0.2) is 22.0 Å². The number of likely N-dealkylation sites (tertiary alicyclic amines) is 1. The number of amides is 1. The molecule has 2 saturated heterocycles. The Morgan fingerprint density at radius 3 is 2.26 bits per heavy atom. The summed E-state index contributed by atoms with van der Waals surface area (Å²) in [5.41, 5.74) is 1.58. The number of carbonyl (C=O) groups excluding carboxylic acids is 1. The van der Waals surface area contributed by atoms with Gasteiger partial charge >= 0.3 is 0 Å². The van der Waals surface area contributed by atoms with Crippen LogP contribution < -0.4 is 10.5 Å². The van der Waals surface area contributed by atoms with Crippen LogP contribution in [0.25, 0.3) is 0 Å². The summed E-state index contributed by atoms with van der Waals surface area (Å²) in [5, 5.41) is 8.85. The van der Waals surface area contributed by atoms with Crippen molar-refractivity contribution in [1.29, 1.82) is 0 Å². The van der Waals surface area contributed by atoms with Gasteiger partial charge < -0.3 is 10.2 Å². The first-order valence-electron chi connectivity index (χ1n) is 13.6. The van der Waals surface area contributed by atoms with Crippen LogP contribution in [-0.2, 0) is 24.8 Å². The number of hydrogen-bond acceptors (Lipinski definition) is 7. The lowest BCUT2D eigenvalue weighted by Gasteiger charge is -2.34. The molecular formula is C27H37N5O5S2. The van der Waals surface area contributed by atoms with Crippen LogP contribution in [0, 0.1) is 0 Å². The molecule has 0 aromatic heterocycles. The Balaban J connectivity index is 1.25. The summed E-state index contributed by atoms with van der Waals surface area (Å²) in [6.07, 6.45) is 4.75. The zero-order chi connectivity index (χ0) is 27.6. The fraction of sp³-hybridized carbons (Fsp3) is 0.519. The van der Waals surface area contributed by atoms with Crippen molar-refractivity contribution >= 4 is 31.6 Å². The Hall–Kier alpha value is -2.51. The lowest BCUT2D eigenvalue weighted by atomic mass is 9.98. The fourth-order valence-corrected chi connectivity index (χ4v) is 8.16. The smallest absolute Gasteiger partial charge is 0.243 e. The number of hydrogen-bond donors (Lipinski definition) is 2. The molecule has 2 aliphatic heterocycles. The van der Waals surface area contributed by atoms with E-state index in [1.807, 2.05) is 28.0 Å². The van der Waals surface area contributed by atoms with Gasteiger partial charge in [-0.15, -0.1) is 0 Å². The first-order valence-corrected chi connectivity index (χ1v) is 16.6. The van der Waals surface area contributed by atoms with Gasteiger partial charge in [0.2, 0.25) is 26.0 Å². The van der Waals surface area contributed by atoms with Crippen LogP contribution in [0.3, 0.4) is 0 Å². The van der Waals surface area contributed by atoms with E-state index in [2.05, 4.69) is 17.4 Å². The molecule has 1 saturated carbocycles. The summed E-state index contributed by atoms with van der Waals surface area (Å²) in [4.78, 5) is 16.0. The van der Waals surface area contributed by atoms with Crippen molar-refractivity contribution in [3.8, 4) is 0 Å². The fourth-order valence-electron chi connectivity index (χ4n) is 5.91.